The van der Waals surface area contributed by atoms with Crippen LogP contribution in [0.1, 0.15) is 48.6 Å². The minimum atomic E-state index is -0.596. The maximum absolute atomic E-state index is 10.7. The van der Waals surface area contributed by atoms with Crippen molar-refractivity contribution >= 4 is 0 Å². The molecule has 4 atom stereocenters. The lowest BCUT2D eigenvalue weighted by Gasteiger charge is -2.32. The molecule has 0 heterocycles. The summed E-state index contributed by atoms with van der Waals surface area (Å²) in [6.45, 7) is 0. The molecule has 84 valence electrons. The highest BCUT2D eigenvalue weighted by Gasteiger charge is 2.63. The second kappa shape index (κ2) is 2.52. The van der Waals surface area contributed by atoms with Crippen molar-refractivity contribution in [3.8, 4) is 0 Å². The van der Waals surface area contributed by atoms with Crippen molar-refractivity contribution in [2.45, 2.75) is 48.7 Å². The first kappa shape index (κ1) is 9.20. The molecule has 0 saturated heterocycles. The van der Waals surface area contributed by atoms with E-state index in [4.69, 9.17) is 5.73 Å². The molecule has 4 bridgehead atoms. The summed E-state index contributed by atoms with van der Waals surface area (Å²) in [6.07, 6.45) is 3.68. The van der Waals surface area contributed by atoms with Crippen molar-refractivity contribution in [2.75, 3.05) is 0 Å². The lowest BCUT2D eigenvalue weighted by atomic mass is 9.87. The van der Waals surface area contributed by atoms with E-state index in [2.05, 4.69) is 24.3 Å². The number of hydrogen-bond donors (Lipinski definition) is 2. The predicted octanol–water partition coefficient (Wildman–Crippen LogP) is 1.88. The summed E-state index contributed by atoms with van der Waals surface area (Å²) >= 11 is 0. The molecule has 2 heteroatoms. The van der Waals surface area contributed by atoms with E-state index in [1.54, 1.807) is 0 Å². The first-order valence-electron chi connectivity index (χ1n) is 6.21. The average molecular weight is 215 g/mol. The fourth-order valence-electron chi connectivity index (χ4n) is 4.49. The normalized spacial score (nSPS) is 48.1. The monoisotopic (exact) mass is 215 g/mol. The molecule has 0 spiro atoms. The smallest absolute Gasteiger partial charge is 0.0838 e. The van der Waals surface area contributed by atoms with Gasteiger partial charge in [-0.05, 0) is 48.6 Å². The van der Waals surface area contributed by atoms with Gasteiger partial charge in [0.05, 0.1) is 5.60 Å². The predicted molar refractivity (Wildman–Crippen MR) is 62.3 cm³/mol. The number of aliphatic hydroxyl groups is 1. The third-order valence-electron chi connectivity index (χ3n) is 5.19. The molecule has 4 aliphatic rings. The molecule has 0 aliphatic heterocycles. The molecule has 2 saturated carbocycles. The maximum atomic E-state index is 10.7. The molecule has 4 aliphatic carbocycles. The van der Waals surface area contributed by atoms with Crippen molar-refractivity contribution in [1.29, 1.82) is 0 Å². The Balaban J connectivity index is 1.97. The summed E-state index contributed by atoms with van der Waals surface area (Å²) in [6, 6.07) is 8.69. The molecule has 0 radical (unpaired) electrons. The summed E-state index contributed by atoms with van der Waals surface area (Å²) in [7, 11) is 0. The topological polar surface area (TPSA) is 46.2 Å². The molecule has 1 aromatic carbocycles. The van der Waals surface area contributed by atoms with Crippen LogP contribution in [0.5, 0.6) is 0 Å². The van der Waals surface area contributed by atoms with Gasteiger partial charge in [0.25, 0.3) is 0 Å². The van der Waals surface area contributed by atoms with E-state index >= 15 is 0 Å². The number of rotatable bonds is 0. The lowest BCUT2D eigenvalue weighted by molar-refractivity contribution is 0.00714. The van der Waals surface area contributed by atoms with Crippen LogP contribution in [-0.4, -0.2) is 16.2 Å². The van der Waals surface area contributed by atoms with Crippen LogP contribution in [0, 0.1) is 0 Å². The van der Waals surface area contributed by atoms with Gasteiger partial charge in [0.2, 0.25) is 0 Å². The molecule has 0 aromatic heterocycles. The Bertz CT molecular complexity index is 413. The van der Waals surface area contributed by atoms with E-state index in [1.807, 2.05) is 0 Å². The maximum Gasteiger partial charge on any atom is 0.0838 e. The fourth-order valence-corrected chi connectivity index (χ4v) is 4.49. The van der Waals surface area contributed by atoms with Crippen molar-refractivity contribution in [3.63, 3.8) is 0 Å². The summed E-state index contributed by atoms with van der Waals surface area (Å²) in [5.74, 6) is 0.970. The van der Waals surface area contributed by atoms with E-state index in [0.717, 1.165) is 25.7 Å². The van der Waals surface area contributed by atoms with Crippen molar-refractivity contribution < 1.29 is 5.11 Å². The minimum Gasteiger partial charge on any atom is -0.388 e. The lowest BCUT2D eigenvalue weighted by Crippen LogP contribution is -2.52. The summed E-state index contributed by atoms with van der Waals surface area (Å²) in [5.41, 5.74) is 8.44. The Morgan fingerprint density at radius 1 is 1.00 bits per heavy atom. The van der Waals surface area contributed by atoms with Crippen LogP contribution < -0.4 is 5.73 Å². The Hall–Kier alpha value is -0.860. The van der Waals surface area contributed by atoms with E-state index in [-0.39, 0.29) is 5.54 Å². The van der Waals surface area contributed by atoms with Gasteiger partial charge in [-0.15, -0.1) is 0 Å². The largest absolute Gasteiger partial charge is 0.388 e. The summed E-state index contributed by atoms with van der Waals surface area (Å²) in [4.78, 5) is 0. The molecular weight excluding hydrogens is 198 g/mol. The first-order chi connectivity index (χ1) is 7.61. The Morgan fingerprint density at radius 3 is 1.94 bits per heavy atom. The number of nitrogens with two attached hydrogens (primary N) is 1. The highest BCUT2D eigenvalue weighted by Crippen LogP contribution is 2.62. The van der Waals surface area contributed by atoms with Gasteiger partial charge < -0.3 is 10.8 Å². The van der Waals surface area contributed by atoms with Crippen molar-refractivity contribution in [2.24, 2.45) is 5.73 Å². The van der Waals surface area contributed by atoms with Gasteiger partial charge in [-0.2, -0.15) is 0 Å². The van der Waals surface area contributed by atoms with Crippen molar-refractivity contribution in [3.05, 3.63) is 35.4 Å². The van der Waals surface area contributed by atoms with Gasteiger partial charge >= 0.3 is 0 Å². The molecule has 2 nitrogen and oxygen atoms in total. The second-order valence-electron chi connectivity index (χ2n) is 6.03. The zero-order valence-corrected chi connectivity index (χ0v) is 9.32. The average Bonchev–Trinajstić information content (AvgIpc) is 2.52. The van der Waals surface area contributed by atoms with Crippen LogP contribution in [0.25, 0.3) is 0 Å². The Kier molecular flexibility index (Phi) is 1.45. The van der Waals surface area contributed by atoms with Crippen molar-refractivity contribution in [1.82, 2.24) is 0 Å². The van der Waals surface area contributed by atoms with Gasteiger partial charge in [0, 0.05) is 5.54 Å². The molecule has 1 aromatic rings. The van der Waals surface area contributed by atoms with E-state index < -0.39 is 5.60 Å². The standard InChI is InChI=1S/C14H17NO/c15-13-5-9-7-14(13,16)8-10(6-13)12-4-2-1-3-11(9)12/h1-4,9-10,16H,5-8,15H2/t9-,10+,13?,14?. The number of hydrogen-bond acceptors (Lipinski definition) is 2. The van der Waals surface area contributed by atoms with Crippen LogP contribution >= 0.6 is 0 Å². The summed E-state index contributed by atoms with van der Waals surface area (Å²) in [5, 5.41) is 10.7. The summed E-state index contributed by atoms with van der Waals surface area (Å²) < 4.78 is 0. The third-order valence-corrected chi connectivity index (χ3v) is 5.19. The Morgan fingerprint density at radius 2 is 1.50 bits per heavy atom. The highest BCUT2D eigenvalue weighted by molar-refractivity contribution is 5.43. The fraction of sp³-hybridized carbons (Fsp3) is 0.571. The number of benzene rings is 1. The van der Waals surface area contributed by atoms with Gasteiger partial charge in [0.1, 0.15) is 0 Å². The van der Waals surface area contributed by atoms with Crippen LogP contribution in [0.15, 0.2) is 24.3 Å². The molecule has 3 N–H and O–H groups in total. The first-order valence-corrected chi connectivity index (χ1v) is 6.21. The highest BCUT2D eigenvalue weighted by atomic mass is 16.3. The molecule has 2 fully saturated rings. The molecule has 0 amide bonds. The van der Waals surface area contributed by atoms with Gasteiger partial charge in [-0.25, -0.2) is 0 Å². The SMILES string of the molecule is NC12C[C@@H]3CC1(O)C[C@H](C2)c1ccccc13. The molecular formula is C14H17NO. The van der Waals surface area contributed by atoms with E-state index in [9.17, 15) is 5.11 Å². The zero-order valence-electron chi connectivity index (χ0n) is 9.32. The zero-order chi connectivity index (χ0) is 11.0. The van der Waals surface area contributed by atoms with E-state index in [0.29, 0.717) is 11.8 Å². The molecule has 5 rings (SSSR count). The molecule has 16 heavy (non-hydrogen) atoms. The van der Waals surface area contributed by atoms with Crippen LogP contribution in [0.4, 0.5) is 0 Å². The quantitative estimate of drug-likeness (QED) is 0.694. The second-order valence-corrected chi connectivity index (χ2v) is 6.03. The molecule has 2 unspecified atom stereocenters. The Labute approximate surface area is 95.5 Å². The van der Waals surface area contributed by atoms with E-state index in [1.165, 1.54) is 11.1 Å². The van der Waals surface area contributed by atoms with Crippen LogP contribution in [-0.2, 0) is 0 Å². The van der Waals surface area contributed by atoms with Gasteiger partial charge in [0.15, 0.2) is 0 Å². The van der Waals surface area contributed by atoms with Gasteiger partial charge in [-0.1, -0.05) is 24.3 Å². The van der Waals surface area contributed by atoms with Crippen LogP contribution in [0.2, 0.25) is 0 Å². The minimum absolute atomic E-state index is 0.318. The van der Waals surface area contributed by atoms with Gasteiger partial charge in [-0.3, -0.25) is 0 Å². The van der Waals surface area contributed by atoms with Crippen LogP contribution in [0.3, 0.4) is 0 Å². The third kappa shape index (κ3) is 0.871.